The minimum absolute atomic E-state index is 0. The Morgan fingerprint density at radius 2 is 1.01 bits per heavy atom. The minimum atomic E-state index is -1.66. The second kappa shape index (κ2) is 21.3. The summed E-state index contributed by atoms with van der Waals surface area (Å²) in [5.41, 5.74) is 19.1. The largest absolute Gasteiger partial charge is 0.501 e. The van der Waals surface area contributed by atoms with E-state index in [-0.39, 0.29) is 20.1 Å². The Labute approximate surface area is 470 Å². The third-order valence-electron chi connectivity index (χ3n) is 14.8. The number of nitrogens with zero attached hydrogens (tertiary/aromatic N) is 4. The van der Waals surface area contributed by atoms with Gasteiger partial charge in [-0.2, -0.15) is 0 Å². The molecule has 0 aliphatic heterocycles. The first kappa shape index (κ1) is 53.2. The Hall–Kier alpha value is -7.20. The van der Waals surface area contributed by atoms with Gasteiger partial charge in [0.15, 0.2) is 0 Å². The molecule has 0 saturated carbocycles. The summed E-state index contributed by atoms with van der Waals surface area (Å²) in [6.07, 6.45) is 0. The summed E-state index contributed by atoms with van der Waals surface area (Å²) in [5.74, 6) is 2.42. The van der Waals surface area contributed by atoms with Gasteiger partial charge in [-0.15, -0.1) is 47.5 Å². The molecule has 0 amide bonds. The van der Waals surface area contributed by atoms with Gasteiger partial charge < -0.3 is 13.6 Å². The van der Waals surface area contributed by atoms with Crippen molar-refractivity contribution >= 4 is 70.5 Å². The van der Waals surface area contributed by atoms with Crippen LogP contribution < -0.4 is 10.4 Å². The zero-order valence-corrected chi connectivity index (χ0v) is 50.5. The van der Waals surface area contributed by atoms with Gasteiger partial charge in [-0.3, -0.25) is 9.97 Å². The van der Waals surface area contributed by atoms with Crippen LogP contribution in [0.5, 0.6) is 0 Å². The first-order chi connectivity index (χ1) is 36.6. The standard InChI is InChI=1S/C37H31N2O.C32H35N2Si2.Ir/c1-23(2)30-21-26(25-13-6-5-7-14-25)22-31(24(3)4)35(30)39-33-19-10-9-18-32(33)38-37(39)29-17-12-16-28-27-15-8-11-20-34(27)40-36(28)29;1-23-20-21-25(22-26(23)24-14-9-8-10-15-24)32-33-27-16-11-12-17-28(27)34(32)31-29(35(2,3)4)18-13-19-30(31)36(5,6)7;/h5-16,18-24H,1-4H3;8-20,22H,1-7H3;/q2*-1;. The zero-order valence-electron chi connectivity index (χ0n) is 46.1. The van der Waals surface area contributed by atoms with E-state index in [9.17, 15) is 0 Å². The Balaban J connectivity index is 0.000000173. The van der Waals surface area contributed by atoms with Crippen LogP contribution in [0.3, 0.4) is 0 Å². The number of hydrogen-bond acceptors (Lipinski definition) is 3. The van der Waals surface area contributed by atoms with E-state index in [0.29, 0.717) is 11.8 Å². The molecule has 1 radical (unpaired) electrons. The molecule has 0 aliphatic carbocycles. The predicted molar refractivity (Wildman–Crippen MR) is 328 cm³/mol. The van der Waals surface area contributed by atoms with Gasteiger partial charge in [0.05, 0.1) is 55.4 Å². The Morgan fingerprint density at radius 3 is 1.60 bits per heavy atom. The van der Waals surface area contributed by atoms with E-state index in [4.69, 9.17) is 14.4 Å². The average Bonchev–Trinajstić information content (AvgIpc) is 4.33. The fourth-order valence-electron chi connectivity index (χ4n) is 10.9. The summed E-state index contributed by atoms with van der Waals surface area (Å²) in [5, 5.41) is 5.16. The summed E-state index contributed by atoms with van der Waals surface area (Å²) < 4.78 is 11.3. The molecule has 0 spiro atoms. The van der Waals surface area contributed by atoms with E-state index >= 15 is 0 Å². The van der Waals surface area contributed by atoms with Crippen molar-refractivity contribution in [2.75, 3.05) is 0 Å². The first-order valence-corrected chi connectivity index (χ1v) is 33.8. The van der Waals surface area contributed by atoms with Crippen LogP contribution in [-0.4, -0.2) is 35.2 Å². The molecule has 0 atom stereocenters. The molecule has 0 aliphatic rings. The number of rotatable bonds is 10. The van der Waals surface area contributed by atoms with E-state index in [1.54, 1.807) is 0 Å². The molecule has 0 N–H and O–H groups in total. The number of furan rings is 1. The zero-order chi connectivity index (χ0) is 53.0. The van der Waals surface area contributed by atoms with Crippen LogP contribution in [0.25, 0.3) is 100 Å². The maximum absolute atomic E-state index is 6.47. The molecule has 12 aromatic rings. The molecule has 0 unspecified atom stereocenters. The van der Waals surface area contributed by atoms with E-state index in [0.717, 1.165) is 66.8 Å². The van der Waals surface area contributed by atoms with Crippen LogP contribution in [0.2, 0.25) is 39.3 Å². The molecular weight excluding hydrogens is 1150 g/mol. The van der Waals surface area contributed by atoms with Gasteiger partial charge >= 0.3 is 0 Å². The molecule has 387 valence electrons. The van der Waals surface area contributed by atoms with Gasteiger partial charge in [-0.25, -0.2) is 0 Å². The molecule has 0 saturated heterocycles. The van der Waals surface area contributed by atoms with Crippen LogP contribution in [0.4, 0.5) is 0 Å². The van der Waals surface area contributed by atoms with Crippen LogP contribution in [0.1, 0.15) is 56.2 Å². The third kappa shape index (κ3) is 10.0. The van der Waals surface area contributed by atoms with Crippen molar-refractivity contribution in [2.45, 2.75) is 85.7 Å². The Kier molecular flexibility index (Phi) is 14.7. The summed E-state index contributed by atoms with van der Waals surface area (Å²) in [7, 11) is -3.33. The second-order valence-electron chi connectivity index (χ2n) is 22.9. The first-order valence-electron chi connectivity index (χ1n) is 26.8. The molecule has 0 bridgehead atoms. The van der Waals surface area contributed by atoms with E-state index in [2.05, 4.69) is 265 Å². The van der Waals surface area contributed by atoms with Crippen molar-refractivity contribution in [3.8, 4) is 56.4 Å². The molecule has 3 aromatic heterocycles. The van der Waals surface area contributed by atoms with Crippen molar-refractivity contribution in [3.05, 3.63) is 217 Å². The van der Waals surface area contributed by atoms with Crippen molar-refractivity contribution in [1.82, 2.24) is 19.1 Å². The summed E-state index contributed by atoms with van der Waals surface area (Å²) in [4.78, 5) is 10.5. The number of benzene rings is 9. The normalized spacial score (nSPS) is 12.0. The van der Waals surface area contributed by atoms with Crippen molar-refractivity contribution in [3.63, 3.8) is 0 Å². The Morgan fingerprint density at radius 1 is 0.494 bits per heavy atom. The SMILES string of the molecule is CC(C)c1cc(-c2ccccc2)cc(C(C)C)c1-n1c(-c2[c-]ccc3c2oc2ccccc23)nc2ccccc21.Cc1c[c-]c(-c2nc3ccccc3n2-c2c([Si](C)(C)C)cccc2[Si](C)(C)C)cc1-c1ccccc1.[Ir]. The van der Waals surface area contributed by atoms with Gasteiger partial charge in [-0.05, 0) is 92.5 Å². The predicted octanol–water partition coefficient (Wildman–Crippen LogP) is 17.9. The summed E-state index contributed by atoms with van der Waals surface area (Å²) in [6.45, 7) is 26.0. The number of aryl methyl sites for hydroxylation is 1. The van der Waals surface area contributed by atoms with Crippen LogP contribution in [0.15, 0.2) is 192 Å². The molecule has 5 nitrogen and oxygen atoms in total. The van der Waals surface area contributed by atoms with E-state index in [1.807, 2.05) is 18.2 Å². The molecule has 0 fully saturated rings. The van der Waals surface area contributed by atoms with Crippen molar-refractivity contribution < 1.29 is 24.5 Å². The monoisotopic (exact) mass is 1220 g/mol. The number of aromatic nitrogens is 4. The Bertz CT molecular complexity index is 4040. The molecule has 12 rings (SSSR count). The maximum Gasteiger partial charge on any atom is 0.120 e. The van der Waals surface area contributed by atoms with Gasteiger partial charge in [0.1, 0.15) is 5.58 Å². The molecular formula is C69H66IrN4OSi2-2. The van der Waals surface area contributed by atoms with E-state index in [1.165, 1.54) is 60.7 Å². The van der Waals surface area contributed by atoms with Crippen LogP contribution >= 0.6 is 0 Å². The minimum Gasteiger partial charge on any atom is -0.501 e. The summed E-state index contributed by atoms with van der Waals surface area (Å²) in [6, 6.07) is 73.8. The maximum atomic E-state index is 6.47. The van der Waals surface area contributed by atoms with Gasteiger partial charge in [0.2, 0.25) is 0 Å². The molecule has 77 heavy (non-hydrogen) atoms. The number of para-hydroxylation sites is 6. The number of hydrogen-bond donors (Lipinski definition) is 0. The van der Waals surface area contributed by atoms with Gasteiger partial charge in [0.25, 0.3) is 0 Å². The van der Waals surface area contributed by atoms with Crippen LogP contribution in [0, 0.1) is 19.1 Å². The molecule has 9 aromatic carbocycles. The topological polar surface area (TPSA) is 48.8 Å². The third-order valence-corrected chi connectivity index (χ3v) is 18.8. The van der Waals surface area contributed by atoms with Crippen molar-refractivity contribution in [2.24, 2.45) is 0 Å². The number of fused-ring (bicyclic) bond motifs is 5. The smallest absolute Gasteiger partial charge is 0.120 e. The average molecular weight is 1220 g/mol. The number of imidazole rings is 2. The fourth-order valence-corrected chi connectivity index (χ4v) is 14.2. The second-order valence-corrected chi connectivity index (χ2v) is 33.0. The van der Waals surface area contributed by atoms with Crippen LogP contribution in [-0.2, 0) is 20.1 Å². The molecule has 3 heterocycles. The fraction of sp³-hybridized carbons (Fsp3) is 0.188. The summed E-state index contributed by atoms with van der Waals surface area (Å²) >= 11 is 0. The van der Waals surface area contributed by atoms with Gasteiger partial charge in [0, 0.05) is 36.9 Å². The molecule has 8 heteroatoms. The quantitative estimate of drug-likeness (QED) is 0.101. The van der Waals surface area contributed by atoms with Gasteiger partial charge in [-0.1, -0.05) is 212 Å². The van der Waals surface area contributed by atoms with E-state index < -0.39 is 16.1 Å². The van der Waals surface area contributed by atoms with Crippen molar-refractivity contribution in [1.29, 1.82) is 0 Å².